The van der Waals surface area contributed by atoms with Crippen molar-refractivity contribution in [3.63, 3.8) is 0 Å². The summed E-state index contributed by atoms with van der Waals surface area (Å²) in [5.41, 5.74) is 1.12. The van der Waals surface area contributed by atoms with Gasteiger partial charge in [-0.05, 0) is 18.8 Å². The molecule has 0 unspecified atom stereocenters. The van der Waals surface area contributed by atoms with Crippen LogP contribution in [0, 0.1) is 11.3 Å². The smallest absolute Gasteiger partial charge is 0.185 e. The molecule has 0 spiro atoms. The lowest BCUT2D eigenvalue weighted by Gasteiger charge is -2.12. The zero-order valence-corrected chi connectivity index (χ0v) is 10.7. The van der Waals surface area contributed by atoms with E-state index < -0.39 is 0 Å². The Kier molecular flexibility index (Phi) is 3.45. The fourth-order valence-corrected chi connectivity index (χ4v) is 3.24. The number of hydrogen-bond donors (Lipinski definition) is 0. The van der Waals surface area contributed by atoms with E-state index in [1.54, 1.807) is 11.3 Å². The average Bonchev–Trinajstić information content (AvgIpc) is 2.83. The summed E-state index contributed by atoms with van der Waals surface area (Å²) < 4.78 is 0. The van der Waals surface area contributed by atoms with E-state index in [1.807, 2.05) is 0 Å². The lowest BCUT2D eigenvalue weighted by Crippen LogP contribution is -2.17. The van der Waals surface area contributed by atoms with Gasteiger partial charge in [0.15, 0.2) is 5.13 Å². The van der Waals surface area contributed by atoms with Crippen LogP contribution in [0.1, 0.15) is 43.2 Å². The Hall–Kier alpha value is -1.08. The second kappa shape index (κ2) is 4.84. The van der Waals surface area contributed by atoms with Crippen LogP contribution in [0.15, 0.2) is 0 Å². The molecule has 16 heavy (non-hydrogen) atoms. The molecule has 0 aromatic carbocycles. The van der Waals surface area contributed by atoms with Gasteiger partial charge in [0.1, 0.15) is 0 Å². The highest BCUT2D eigenvalue weighted by atomic mass is 32.1. The van der Waals surface area contributed by atoms with Gasteiger partial charge in [-0.15, -0.1) is 11.3 Å². The molecular weight excluding hydrogens is 218 g/mol. The first-order chi connectivity index (χ1) is 7.72. The van der Waals surface area contributed by atoms with Crippen molar-refractivity contribution in [3.8, 4) is 6.07 Å². The summed E-state index contributed by atoms with van der Waals surface area (Å²) in [6.45, 7) is 6.53. The molecule has 1 aliphatic heterocycles. The van der Waals surface area contributed by atoms with Crippen LogP contribution in [-0.4, -0.2) is 18.1 Å². The molecule has 1 aromatic heterocycles. The standard InChI is InChI=1S/C12H17N3S/c1-9(2)11-10(5-6-13)16-12(14-11)15-7-3-4-8-15/h9H,3-5,7-8H2,1-2H3. The van der Waals surface area contributed by atoms with Crippen LogP contribution in [0.3, 0.4) is 0 Å². The third kappa shape index (κ3) is 2.19. The highest BCUT2D eigenvalue weighted by Gasteiger charge is 2.20. The van der Waals surface area contributed by atoms with Crippen molar-refractivity contribution in [2.24, 2.45) is 0 Å². The Bertz CT molecular complexity index is 397. The van der Waals surface area contributed by atoms with E-state index in [-0.39, 0.29) is 0 Å². The predicted molar refractivity (Wildman–Crippen MR) is 67.0 cm³/mol. The first-order valence-corrected chi connectivity index (χ1v) is 6.65. The first-order valence-electron chi connectivity index (χ1n) is 5.84. The van der Waals surface area contributed by atoms with Crippen LogP contribution in [0.5, 0.6) is 0 Å². The Morgan fingerprint density at radius 2 is 2.12 bits per heavy atom. The topological polar surface area (TPSA) is 39.9 Å². The third-order valence-corrected chi connectivity index (χ3v) is 4.01. The summed E-state index contributed by atoms with van der Waals surface area (Å²) >= 11 is 1.70. The van der Waals surface area contributed by atoms with Crippen molar-refractivity contribution >= 4 is 16.5 Å². The van der Waals surface area contributed by atoms with E-state index in [1.165, 1.54) is 12.8 Å². The Morgan fingerprint density at radius 3 is 2.69 bits per heavy atom. The molecular formula is C12H17N3S. The van der Waals surface area contributed by atoms with Gasteiger partial charge in [0, 0.05) is 18.0 Å². The summed E-state index contributed by atoms with van der Waals surface area (Å²) in [7, 11) is 0. The molecule has 3 nitrogen and oxygen atoms in total. The van der Waals surface area contributed by atoms with Crippen molar-refractivity contribution in [1.29, 1.82) is 5.26 Å². The Morgan fingerprint density at radius 1 is 1.44 bits per heavy atom. The number of anilines is 1. The van der Waals surface area contributed by atoms with Crippen LogP contribution < -0.4 is 4.90 Å². The maximum absolute atomic E-state index is 8.82. The zero-order chi connectivity index (χ0) is 11.5. The van der Waals surface area contributed by atoms with Gasteiger partial charge >= 0.3 is 0 Å². The minimum absolute atomic E-state index is 0.413. The van der Waals surface area contributed by atoms with E-state index in [9.17, 15) is 0 Å². The first kappa shape index (κ1) is 11.4. The molecule has 0 saturated carbocycles. The third-order valence-electron chi connectivity index (χ3n) is 2.88. The molecule has 2 heterocycles. The summed E-state index contributed by atoms with van der Waals surface area (Å²) in [4.78, 5) is 8.20. The number of rotatable bonds is 3. The quantitative estimate of drug-likeness (QED) is 0.808. The molecule has 2 rings (SSSR count). The lowest BCUT2D eigenvalue weighted by molar-refractivity contribution is 0.814. The summed E-state index contributed by atoms with van der Waals surface area (Å²) in [5, 5.41) is 9.93. The summed E-state index contributed by atoms with van der Waals surface area (Å²) in [6, 6.07) is 2.24. The minimum Gasteiger partial charge on any atom is -0.348 e. The second-order valence-electron chi connectivity index (χ2n) is 4.49. The predicted octanol–water partition coefficient (Wildman–Crippen LogP) is 2.93. The number of nitriles is 1. The van der Waals surface area contributed by atoms with Crippen LogP contribution in [0.4, 0.5) is 5.13 Å². The van der Waals surface area contributed by atoms with Crippen molar-refractivity contribution in [2.45, 2.75) is 39.0 Å². The molecule has 1 aliphatic rings. The number of hydrogen-bond acceptors (Lipinski definition) is 4. The van der Waals surface area contributed by atoms with E-state index in [4.69, 9.17) is 10.2 Å². The molecule has 1 aromatic rings. The fraction of sp³-hybridized carbons (Fsp3) is 0.667. The molecule has 0 atom stereocenters. The van der Waals surface area contributed by atoms with Crippen molar-refractivity contribution in [3.05, 3.63) is 10.6 Å². The van der Waals surface area contributed by atoms with Gasteiger partial charge in [0.25, 0.3) is 0 Å². The summed E-state index contributed by atoms with van der Waals surface area (Å²) in [5.74, 6) is 0.413. The molecule has 0 bridgehead atoms. The van der Waals surface area contributed by atoms with Gasteiger partial charge < -0.3 is 4.90 Å². The Balaban J connectivity index is 2.27. The van der Waals surface area contributed by atoms with E-state index in [0.29, 0.717) is 12.3 Å². The van der Waals surface area contributed by atoms with E-state index in [0.717, 1.165) is 28.8 Å². The fourth-order valence-electron chi connectivity index (χ4n) is 2.04. The van der Waals surface area contributed by atoms with Gasteiger partial charge in [-0.2, -0.15) is 5.26 Å². The van der Waals surface area contributed by atoms with Crippen molar-refractivity contribution in [2.75, 3.05) is 18.0 Å². The van der Waals surface area contributed by atoms with Crippen LogP contribution in [0.2, 0.25) is 0 Å². The lowest BCUT2D eigenvalue weighted by atomic mass is 10.1. The Labute approximate surface area is 101 Å². The van der Waals surface area contributed by atoms with Gasteiger partial charge in [-0.1, -0.05) is 13.8 Å². The van der Waals surface area contributed by atoms with E-state index in [2.05, 4.69) is 24.8 Å². The highest BCUT2D eigenvalue weighted by Crippen LogP contribution is 2.32. The summed E-state index contributed by atoms with van der Waals surface area (Å²) in [6.07, 6.45) is 3.04. The number of thiazole rings is 1. The average molecular weight is 235 g/mol. The normalized spacial score (nSPS) is 15.8. The van der Waals surface area contributed by atoms with Crippen molar-refractivity contribution in [1.82, 2.24) is 4.98 Å². The molecule has 0 N–H and O–H groups in total. The minimum atomic E-state index is 0.413. The van der Waals surface area contributed by atoms with Gasteiger partial charge in [0.2, 0.25) is 0 Å². The van der Waals surface area contributed by atoms with Crippen LogP contribution >= 0.6 is 11.3 Å². The van der Waals surface area contributed by atoms with Crippen molar-refractivity contribution < 1.29 is 0 Å². The highest BCUT2D eigenvalue weighted by molar-refractivity contribution is 7.15. The molecule has 0 radical (unpaired) electrons. The maximum Gasteiger partial charge on any atom is 0.185 e. The molecule has 86 valence electrons. The van der Waals surface area contributed by atoms with E-state index >= 15 is 0 Å². The molecule has 0 aliphatic carbocycles. The number of nitrogens with zero attached hydrogens (tertiary/aromatic N) is 3. The maximum atomic E-state index is 8.82. The molecule has 1 saturated heterocycles. The second-order valence-corrected chi connectivity index (χ2v) is 5.55. The van der Waals surface area contributed by atoms with Crippen LogP contribution in [-0.2, 0) is 6.42 Å². The van der Waals surface area contributed by atoms with Crippen LogP contribution in [0.25, 0.3) is 0 Å². The van der Waals surface area contributed by atoms with Gasteiger partial charge in [-0.25, -0.2) is 4.98 Å². The number of aromatic nitrogens is 1. The molecule has 0 amide bonds. The zero-order valence-electron chi connectivity index (χ0n) is 9.86. The molecule has 1 fully saturated rings. The van der Waals surface area contributed by atoms with Gasteiger partial charge in [-0.3, -0.25) is 0 Å². The van der Waals surface area contributed by atoms with Gasteiger partial charge in [0.05, 0.1) is 18.2 Å². The largest absolute Gasteiger partial charge is 0.348 e. The monoisotopic (exact) mass is 235 g/mol. The molecule has 4 heteroatoms. The SMILES string of the molecule is CC(C)c1nc(N2CCCC2)sc1CC#N.